The predicted molar refractivity (Wildman–Crippen MR) is 99.6 cm³/mol. The number of aryl methyl sites for hydroxylation is 3. The lowest BCUT2D eigenvalue weighted by atomic mass is 10.2. The summed E-state index contributed by atoms with van der Waals surface area (Å²) in [7, 11) is 0. The van der Waals surface area contributed by atoms with E-state index in [-0.39, 0.29) is 24.6 Å². The van der Waals surface area contributed by atoms with Crippen LogP contribution in [0, 0.1) is 13.8 Å². The number of hydrogen-bond acceptors (Lipinski definition) is 5. The SMILES string of the molecule is CCCc1cc(=O)n(CC(=O)NCc2ccco2)c(-n2nc(C)cc2C)n1. The van der Waals surface area contributed by atoms with E-state index in [1.54, 1.807) is 23.1 Å². The molecule has 1 N–H and O–H groups in total. The van der Waals surface area contributed by atoms with E-state index in [0.717, 1.165) is 17.8 Å². The molecule has 0 aliphatic carbocycles. The summed E-state index contributed by atoms with van der Waals surface area (Å²) in [5, 5.41) is 7.17. The third-order valence-corrected chi connectivity index (χ3v) is 4.09. The zero-order valence-electron chi connectivity index (χ0n) is 15.7. The molecule has 0 atom stereocenters. The molecule has 3 rings (SSSR count). The topological polar surface area (TPSA) is 95.0 Å². The molecule has 3 aromatic heterocycles. The highest BCUT2D eigenvalue weighted by Crippen LogP contribution is 2.10. The zero-order valence-corrected chi connectivity index (χ0v) is 15.7. The molecular formula is C19H23N5O3. The standard InChI is InChI=1S/C19H23N5O3/c1-4-6-15-10-18(26)23(12-17(25)20-11-16-7-5-8-27-16)19(21-15)24-14(3)9-13(2)22-24/h5,7-10H,4,6,11-12H2,1-3H3,(H,20,25). The lowest BCUT2D eigenvalue weighted by Gasteiger charge is -2.14. The van der Waals surface area contributed by atoms with Gasteiger partial charge in [-0.05, 0) is 38.5 Å². The monoisotopic (exact) mass is 369 g/mol. The number of nitrogens with zero attached hydrogens (tertiary/aromatic N) is 4. The Kier molecular flexibility index (Phi) is 5.54. The number of carbonyl (C=O) groups excluding carboxylic acids is 1. The molecule has 0 aromatic carbocycles. The van der Waals surface area contributed by atoms with Gasteiger partial charge in [0.2, 0.25) is 11.9 Å². The Hall–Kier alpha value is -3.16. The summed E-state index contributed by atoms with van der Waals surface area (Å²) < 4.78 is 8.15. The molecule has 1 amide bonds. The normalized spacial score (nSPS) is 10.9. The Bertz CT molecular complexity index is 985. The quantitative estimate of drug-likeness (QED) is 0.686. The Morgan fingerprint density at radius 3 is 2.74 bits per heavy atom. The molecule has 0 aliphatic heterocycles. The van der Waals surface area contributed by atoms with E-state index in [9.17, 15) is 9.59 Å². The van der Waals surface area contributed by atoms with Gasteiger partial charge in [-0.3, -0.25) is 14.2 Å². The highest BCUT2D eigenvalue weighted by Gasteiger charge is 2.16. The van der Waals surface area contributed by atoms with Crippen molar-refractivity contribution >= 4 is 5.91 Å². The molecule has 0 radical (unpaired) electrons. The van der Waals surface area contributed by atoms with Gasteiger partial charge in [-0.25, -0.2) is 9.67 Å². The van der Waals surface area contributed by atoms with Gasteiger partial charge in [0, 0.05) is 17.5 Å². The molecule has 0 unspecified atom stereocenters. The van der Waals surface area contributed by atoms with Crippen molar-refractivity contribution in [1.82, 2.24) is 24.6 Å². The van der Waals surface area contributed by atoms with Crippen molar-refractivity contribution in [3.63, 3.8) is 0 Å². The third-order valence-electron chi connectivity index (χ3n) is 4.09. The maximum Gasteiger partial charge on any atom is 0.255 e. The van der Waals surface area contributed by atoms with Gasteiger partial charge in [0.15, 0.2) is 0 Å². The lowest BCUT2D eigenvalue weighted by molar-refractivity contribution is -0.122. The summed E-state index contributed by atoms with van der Waals surface area (Å²) in [6.07, 6.45) is 3.10. The van der Waals surface area contributed by atoms with Gasteiger partial charge in [-0.1, -0.05) is 13.3 Å². The first kappa shape index (κ1) is 18.6. The second-order valence-electron chi connectivity index (χ2n) is 6.42. The zero-order chi connectivity index (χ0) is 19.4. The summed E-state index contributed by atoms with van der Waals surface area (Å²) in [5.74, 6) is 0.692. The van der Waals surface area contributed by atoms with Crippen LogP contribution in [0.25, 0.3) is 5.95 Å². The van der Waals surface area contributed by atoms with Crippen LogP contribution in [0.4, 0.5) is 0 Å². The number of hydrogen-bond donors (Lipinski definition) is 1. The second kappa shape index (κ2) is 8.03. The van der Waals surface area contributed by atoms with Crippen molar-refractivity contribution in [1.29, 1.82) is 0 Å². The molecule has 0 saturated heterocycles. The lowest BCUT2D eigenvalue weighted by Crippen LogP contribution is -2.35. The molecule has 142 valence electrons. The molecule has 3 aromatic rings. The van der Waals surface area contributed by atoms with Crippen molar-refractivity contribution in [2.45, 2.75) is 46.7 Å². The van der Waals surface area contributed by atoms with E-state index < -0.39 is 0 Å². The summed E-state index contributed by atoms with van der Waals surface area (Å²) in [5.41, 5.74) is 2.08. The highest BCUT2D eigenvalue weighted by atomic mass is 16.3. The van der Waals surface area contributed by atoms with Gasteiger partial charge in [-0.2, -0.15) is 5.10 Å². The molecule has 0 fully saturated rings. The molecule has 27 heavy (non-hydrogen) atoms. The minimum atomic E-state index is -0.304. The maximum atomic E-state index is 12.7. The van der Waals surface area contributed by atoms with Gasteiger partial charge in [-0.15, -0.1) is 0 Å². The summed E-state index contributed by atoms with van der Waals surface area (Å²) in [6, 6.07) is 6.91. The smallest absolute Gasteiger partial charge is 0.255 e. The minimum Gasteiger partial charge on any atom is -0.467 e. The first-order chi connectivity index (χ1) is 13.0. The predicted octanol–water partition coefficient (Wildman–Crippen LogP) is 1.91. The van der Waals surface area contributed by atoms with E-state index in [4.69, 9.17) is 4.42 Å². The first-order valence-electron chi connectivity index (χ1n) is 8.91. The van der Waals surface area contributed by atoms with E-state index in [2.05, 4.69) is 15.4 Å². The molecule has 0 aliphatic rings. The van der Waals surface area contributed by atoms with Crippen LogP contribution < -0.4 is 10.9 Å². The second-order valence-corrected chi connectivity index (χ2v) is 6.42. The maximum absolute atomic E-state index is 12.7. The molecular weight excluding hydrogens is 346 g/mol. The van der Waals surface area contributed by atoms with E-state index in [1.807, 2.05) is 26.8 Å². The highest BCUT2D eigenvalue weighted by molar-refractivity contribution is 5.75. The van der Waals surface area contributed by atoms with Crippen molar-refractivity contribution in [3.05, 3.63) is 63.7 Å². The van der Waals surface area contributed by atoms with Gasteiger partial charge in [0.05, 0.1) is 18.5 Å². The van der Waals surface area contributed by atoms with Crippen LogP contribution in [-0.4, -0.2) is 25.2 Å². The van der Waals surface area contributed by atoms with Gasteiger partial charge < -0.3 is 9.73 Å². The minimum absolute atomic E-state index is 0.146. The van der Waals surface area contributed by atoms with Crippen LogP contribution in [0.5, 0.6) is 0 Å². The Morgan fingerprint density at radius 1 is 1.30 bits per heavy atom. The number of amides is 1. The number of aromatic nitrogens is 4. The van der Waals surface area contributed by atoms with Gasteiger partial charge in [0.25, 0.3) is 5.56 Å². The molecule has 8 nitrogen and oxygen atoms in total. The van der Waals surface area contributed by atoms with Crippen LogP contribution in [0.3, 0.4) is 0 Å². The van der Waals surface area contributed by atoms with Crippen molar-refractivity contribution in [3.8, 4) is 5.95 Å². The Labute approximate surface area is 156 Å². The fourth-order valence-corrected chi connectivity index (χ4v) is 2.86. The summed E-state index contributed by atoms with van der Waals surface area (Å²) >= 11 is 0. The number of nitrogens with one attached hydrogen (secondary N) is 1. The molecule has 0 spiro atoms. The van der Waals surface area contributed by atoms with E-state index in [1.165, 1.54) is 10.6 Å². The van der Waals surface area contributed by atoms with Crippen LogP contribution >= 0.6 is 0 Å². The average molecular weight is 369 g/mol. The van der Waals surface area contributed by atoms with E-state index in [0.29, 0.717) is 23.8 Å². The number of carbonyl (C=O) groups is 1. The van der Waals surface area contributed by atoms with Crippen molar-refractivity contribution < 1.29 is 9.21 Å². The summed E-state index contributed by atoms with van der Waals surface area (Å²) in [6.45, 7) is 5.90. The van der Waals surface area contributed by atoms with Crippen LogP contribution in [0.15, 0.2) is 39.7 Å². The third kappa shape index (κ3) is 4.33. The fourth-order valence-electron chi connectivity index (χ4n) is 2.86. The molecule has 0 bridgehead atoms. The van der Waals surface area contributed by atoms with Crippen molar-refractivity contribution in [2.24, 2.45) is 0 Å². The molecule has 0 saturated carbocycles. The van der Waals surface area contributed by atoms with Crippen LogP contribution in [0.2, 0.25) is 0 Å². The Balaban J connectivity index is 1.92. The van der Waals surface area contributed by atoms with Gasteiger partial charge >= 0.3 is 0 Å². The first-order valence-corrected chi connectivity index (χ1v) is 8.91. The number of furan rings is 1. The largest absolute Gasteiger partial charge is 0.467 e. The van der Waals surface area contributed by atoms with Crippen molar-refractivity contribution in [2.75, 3.05) is 0 Å². The summed E-state index contributed by atoms with van der Waals surface area (Å²) in [4.78, 5) is 29.6. The van der Waals surface area contributed by atoms with Gasteiger partial charge in [0.1, 0.15) is 12.3 Å². The molecule has 3 heterocycles. The van der Waals surface area contributed by atoms with Crippen LogP contribution in [0.1, 0.15) is 36.2 Å². The Morgan fingerprint density at radius 2 is 2.11 bits per heavy atom. The van der Waals surface area contributed by atoms with E-state index >= 15 is 0 Å². The number of rotatable bonds is 7. The average Bonchev–Trinajstić information content (AvgIpc) is 3.25. The molecule has 8 heteroatoms. The fraction of sp³-hybridized carbons (Fsp3) is 0.368. The van der Waals surface area contributed by atoms with Crippen LogP contribution in [-0.2, 0) is 24.3 Å².